The van der Waals surface area contributed by atoms with Crippen LogP contribution in [0.4, 0.5) is 5.69 Å². The Hall–Kier alpha value is -0.890. The Balaban J connectivity index is 2.22. The van der Waals surface area contributed by atoms with Crippen LogP contribution in [0.2, 0.25) is 5.15 Å². The van der Waals surface area contributed by atoms with E-state index < -0.39 is 10.2 Å². The van der Waals surface area contributed by atoms with Crippen molar-refractivity contribution in [3.8, 4) is 0 Å². The van der Waals surface area contributed by atoms with E-state index in [0.717, 1.165) is 5.56 Å². The van der Waals surface area contributed by atoms with E-state index in [2.05, 4.69) is 15.0 Å². The molecule has 18 heavy (non-hydrogen) atoms. The van der Waals surface area contributed by atoms with Gasteiger partial charge in [-0.2, -0.15) is 12.7 Å². The molecule has 0 bridgehead atoms. The van der Waals surface area contributed by atoms with Crippen LogP contribution in [0.1, 0.15) is 5.56 Å². The van der Waals surface area contributed by atoms with Gasteiger partial charge < -0.3 is 5.32 Å². The van der Waals surface area contributed by atoms with Crippen molar-refractivity contribution in [3.05, 3.63) is 23.0 Å². The molecule has 0 unspecified atom stereocenters. The zero-order valence-corrected chi connectivity index (χ0v) is 11.6. The number of hydrogen-bond donors (Lipinski definition) is 2. The van der Waals surface area contributed by atoms with Gasteiger partial charge in [0, 0.05) is 32.4 Å². The fourth-order valence-electron chi connectivity index (χ4n) is 1.73. The molecule has 2 rings (SSSR count). The minimum atomic E-state index is -3.56. The van der Waals surface area contributed by atoms with Crippen LogP contribution in [0.3, 0.4) is 0 Å². The van der Waals surface area contributed by atoms with Crippen molar-refractivity contribution in [3.63, 3.8) is 0 Å². The van der Waals surface area contributed by atoms with Crippen molar-refractivity contribution >= 4 is 27.5 Å². The molecule has 2 N–H and O–H groups in total. The lowest BCUT2D eigenvalue weighted by Gasteiger charge is -2.27. The minimum Gasteiger partial charge on any atom is -0.314 e. The summed E-state index contributed by atoms with van der Waals surface area (Å²) in [6.07, 6.45) is 1.54. The Kier molecular flexibility index (Phi) is 4.06. The second kappa shape index (κ2) is 5.40. The number of piperazine rings is 1. The molecule has 1 aromatic heterocycles. The van der Waals surface area contributed by atoms with Crippen LogP contribution in [-0.2, 0) is 10.2 Å². The summed E-state index contributed by atoms with van der Waals surface area (Å²) in [6.45, 7) is 3.99. The van der Waals surface area contributed by atoms with Crippen LogP contribution in [0.15, 0.2) is 12.3 Å². The molecule has 8 heteroatoms. The summed E-state index contributed by atoms with van der Waals surface area (Å²) in [5.74, 6) is 0. The first kappa shape index (κ1) is 13.5. The van der Waals surface area contributed by atoms with E-state index in [1.165, 1.54) is 4.31 Å². The van der Waals surface area contributed by atoms with E-state index in [1.807, 2.05) is 0 Å². The predicted molar refractivity (Wildman–Crippen MR) is 71.0 cm³/mol. The number of aryl methyl sites for hydroxylation is 1. The van der Waals surface area contributed by atoms with Gasteiger partial charge in [0.1, 0.15) is 0 Å². The highest BCUT2D eigenvalue weighted by Crippen LogP contribution is 2.24. The quantitative estimate of drug-likeness (QED) is 0.800. The molecule has 6 nitrogen and oxygen atoms in total. The highest BCUT2D eigenvalue weighted by atomic mass is 35.5. The van der Waals surface area contributed by atoms with Crippen molar-refractivity contribution in [1.29, 1.82) is 0 Å². The van der Waals surface area contributed by atoms with Gasteiger partial charge in [0.05, 0.1) is 5.69 Å². The standard InChI is InChI=1S/C10H15ClN4O2S/c1-8-2-3-13-10(11)9(8)14-18(16,17)15-6-4-12-5-7-15/h2-3,12,14H,4-7H2,1H3. The number of aromatic nitrogens is 1. The fourth-order valence-corrected chi connectivity index (χ4v) is 3.34. The first-order valence-corrected chi connectivity index (χ1v) is 7.42. The van der Waals surface area contributed by atoms with Crippen LogP contribution in [-0.4, -0.2) is 43.9 Å². The molecule has 1 saturated heterocycles. The van der Waals surface area contributed by atoms with Crippen LogP contribution in [0.5, 0.6) is 0 Å². The van der Waals surface area contributed by atoms with Crippen molar-refractivity contribution in [2.75, 3.05) is 30.9 Å². The van der Waals surface area contributed by atoms with Gasteiger partial charge in [-0.05, 0) is 18.6 Å². The van der Waals surface area contributed by atoms with Gasteiger partial charge in [0.25, 0.3) is 0 Å². The predicted octanol–water partition coefficient (Wildman–Crippen LogP) is 0.605. The molecule has 0 radical (unpaired) electrons. The number of nitrogens with zero attached hydrogens (tertiary/aromatic N) is 2. The summed E-state index contributed by atoms with van der Waals surface area (Å²) in [6, 6.07) is 1.71. The van der Waals surface area contributed by atoms with E-state index in [9.17, 15) is 8.42 Å². The van der Waals surface area contributed by atoms with Gasteiger partial charge in [-0.1, -0.05) is 11.6 Å². The summed E-state index contributed by atoms with van der Waals surface area (Å²) in [7, 11) is -3.56. The van der Waals surface area contributed by atoms with E-state index in [1.54, 1.807) is 19.2 Å². The third-order valence-corrected chi connectivity index (χ3v) is 4.55. The smallest absolute Gasteiger partial charge is 0.301 e. The van der Waals surface area contributed by atoms with E-state index in [-0.39, 0.29) is 5.15 Å². The summed E-state index contributed by atoms with van der Waals surface area (Å²) >= 11 is 5.91. The highest BCUT2D eigenvalue weighted by Gasteiger charge is 2.25. The second-order valence-corrected chi connectivity index (χ2v) is 6.08. The van der Waals surface area contributed by atoms with Crippen LogP contribution >= 0.6 is 11.6 Å². The number of hydrogen-bond acceptors (Lipinski definition) is 4. The summed E-state index contributed by atoms with van der Waals surface area (Å²) < 4.78 is 28.2. The molecule has 1 fully saturated rings. The lowest BCUT2D eigenvalue weighted by Crippen LogP contribution is -2.48. The molecular weight excluding hydrogens is 276 g/mol. The normalized spacial score (nSPS) is 17.7. The maximum absolute atomic E-state index is 12.2. The Morgan fingerprint density at radius 2 is 2.11 bits per heavy atom. The largest absolute Gasteiger partial charge is 0.314 e. The topological polar surface area (TPSA) is 74.3 Å². The Labute approximate surface area is 112 Å². The molecule has 0 amide bonds. The first-order valence-electron chi connectivity index (χ1n) is 5.60. The zero-order valence-electron chi connectivity index (χ0n) is 9.98. The molecule has 0 saturated carbocycles. The fraction of sp³-hybridized carbons (Fsp3) is 0.500. The first-order chi connectivity index (χ1) is 8.50. The Morgan fingerprint density at radius 1 is 1.44 bits per heavy atom. The molecular formula is C10H15ClN4O2S. The number of rotatable bonds is 3. The molecule has 1 aliphatic heterocycles. The van der Waals surface area contributed by atoms with Gasteiger partial charge in [-0.25, -0.2) is 4.98 Å². The van der Waals surface area contributed by atoms with E-state index in [0.29, 0.717) is 31.9 Å². The number of pyridine rings is 1. The molecule has 0 aliphatic carbocycles. The van der Waals surface area contributed by atoms with E-state index >= 15 is 0 Å². The van der Waals surface area contributed by atoms with Gasteiger partial charge in [-0.15, -0.1) is 0 Å². The molecule has 0 aromatic carbocycles. The van der Waals surface area contributed by atoms with Gasteiger partial charge in [0.2, 0.25) is 0 Å². The molecule has 0 atom stereocenters. The highest BCUT2D eigenvalue weighted by molar-refractivity contribution is 7.90. The second-order valence-electron chi connectivity index (χ2n) is 4.05. The van der Waals surface area contributed by atoms with Crippen molar-refractivity contribution in [2.45, 2.75) is 6.92 Å². The molecule has 1 aliphatic rings. The van der Waals surface area contributed by atoms with Crippen LogP contribution in [0, 0.1) is 6.92 Å². The average molecular weight is 291 g/mol. The van der Waals surface area contributed by atoms with Crippen LogP contribution < -0.4 is 10.0 Å². The monoisotopic (exact) mass is 290 g/mol. The molecule has 2 heterocycles. The number of anilines is 1. The average Bonchev–Trinajstić information content (AvgIpc) is 2.35. The lowest BCUT2D eigenvalue weighted by atomic mass is 10.3. The van der Waals surface area contributed by atoms with Gasteiger partial charge in [-0.3, -0.25) is 4.72 Å². The third-order valence-electron chi connectivity index (χ3n) is 2.76. The van der Waals surface area contributed by atoms with Crippen molar-refractivity contribution in [1.82, 2.24) is 14.6 Å². The van der Waals surface area contributed by atoms with Crippen LogP contribution in [0.25, 0.3) is 0 Å². The lowest BCUT2D eigenvalue weighted by molar-refractivity contribution is 0.362. The SMILES string of the molecule is Cc1ccnc(Cl)c1NS(=O)(=O)N1CCNCC1. The van der Waals surface area contributed by atoms with Gasteiger partial charge >= 0.3 is 10.2 Å². The summed E-state index contributed by atoms with van der Waals surface area (Å²) in [4.78, 5) is 3.88. The van der Waals surface area contributed by atoms with Crippen molar-refractivity contribution in [2.24, 2.45) is 0 Å². The molecule has 1 aromatic rings. The van der Waals surface area contributed by atoms with Crippen molar-refractivity contribution < 1.29 is 8.42 Å². The van der Waals surface area contributed by atoms with Gasteiger partial charge in [0.15, 0.2) is 5.15 Å². The summed E-state index contributed by atoms with van der Waals surface area (Å²) in [5, 5.41) is 3.26. The number of nitrogens with one attached hydrogen (secondary N) is 2. The number of halogens is 1. The zero-order chi connectivity index (χ0) is 13.2. The van der Waals surface area contributed by atoms with E-state index in [4.69, 9.17) is 11.6 Å². The molecule has 100 valence electrons. The Morgan fingerprint density at radius 3 is 2.72 bits per heavy atom. The molecule has 0 spiro atoms. The minimum absolute atomic E-state index is 0.161. The third kappa shape index (κ3) is 2.92. The maximum Gasteiger partial charge on any atom is 0.301 e. The maximum atomic E-state index is 12.2. The Bertz CT molecular complexity index is 508. The summed E-state index contributed by atoms with van der Waals surface area (Å²) in [5.41, 5.74) is 1.09.